The predicted octanol–water partition coefficient (Wildman–Crippen LogP) is 5.61. The van der Waals surface area contributed by atoms with Crippen LogP contribution in [-0.2, 0) is 4.79 Å². The zero-order valence-corrected chi connectivity index (χ0v) is 19.0. The minimum Gasteiger partial charge on any atom is -0.493 e. The van der Waals surface area contributed by atoms with E-state index in [9.17, 15) is 4.79 Å². The molecule has 8 heteroatoms. The number of thiazole rings is 1. The lowest BCUT2D eigenvalue weighted by Gasteiger charge is -2.14. The standard InChI is InChI=1S/C22H26N2O4S2/c1-26-17-13-15(14-18(27-2)21(17)28-3)23-20(25)11-5-4-8-12-29-22-24-16-9-6-7-10-19(16)30-22/h6-7,9-10,13-14H,4-5,8,11-12H2,1-3H3,(H,23,25). The number of fused-ring (bicyclic) bond motifs is 1. The van der Waals surface area contributed by atoms with Crippen LogP contribution in [0, 0.1) is 0 Å². The molecule has 0 radical (unpaired) electrons. The maximum atomic E-state index is 12.3. The van der Waals surface area contributed by atoms with Gasteiger partial charge in [0.15, 0.2) is 15.8 Å². The molecule has 0 aliphatic heterocycles. The third-order valence-corrected chi connectivity index (χ3v) is 6.76. The maximum absolute atomic E-state index is 12.3. The minimum atomic E-state index is -0.0249. The largest absolute Gasteiger partial charge is 0.493 e. The number of unbranched alkanes of at least 4 members (excludes halogenated alkanes) is 2. The van der Waals surface area contributed by atoms with Gasteiger partial charge < -0.3 is 19.5 Å². The van der Waals surface area contributed by atoms with E-state index < -0.39 is 0 Å². The first kappa shape index (κ1) is 22.2. The van der Waals surface area contributed by atoms with E-state index in [-0.39, 0.29) is 5.91 Å². The van der Waals surface area contributed by atoms with E-state index in [0.717, 1.165) is 34.9 Å². The summed E-state index contributed by atoms with van der Waals surface area (Å²) in [6, 6.07) is 11.7. The van der Waals surface area contributed by atoms with Crippen LogP contribution in [0.4, 0.5) is 5.69 Å². The number of benzene rings is 2. The Morgan fingerprint density at radius 1 is 1.03 bits per heavy atom. The molecule has 2 aromatic carbocycles. The number of rotatable bonds is 11. The summed E-state index contributed by atoms with van der Waals surface area (Å²) in [5.74, 6) is 2.51. The molecule has 160 valence electrons. The van der Waals surface area contributed by atoms with Gasteiger partial charge in [0.25, 0.3) is 0 Å². The lowest BCUT2D eigenvalue weighted by Crippen LogP contribution is -2.11. The molecule has 1 aromatic heterocycles. The number of carbonyl (C=O) groups is 1. The van der Waals surface area contributed by atoms with E-state index in [4.69, 9.17) is 14.2 Å². The van der Waals surface area contributed by atoms with Crippen LogP contribution in [0.2, 0.25) is 0 Å². The first-order valence-corrected chi connectivity index (χ1v) is 11.5. The number of thioether (sulfide) groups is 1. The minimum absolute atomic E-state index is 0.0249. The monoisotopic (exact) mass is 446 g/mol. The number of nitrogens with zero attached hydrogens (tertiary/aromatic N) is 1. The van der Waals surface area contributed by atoms with Crippen molar-refractivity contribution in [3.05, 3.63) is 36.4 Å². The average molecular weight is 447 g/mol. The first-order valence-electron chi connectivity index (χ1n) is 9.73. The van der Waals surface area contributed by atoms with Crippen LogP contribution < -0.4 is 19.5 Å². The number of methoxy groups -OCH3 is 3. The van der Waals surface area contributed by atoms with E-state index in [1.165, 1.54) is 4.70 Å². The highest BCUT2D eigenvalue weighted by Gasteiger charge is 2.14. The zero-order valence-electron chi connectivity index (χ0n) is 17.4. The molecule has 0 fully saturated rings. The normalized spacial score (nSPS) is 10.8. The lowest BCUT2D eigenvalue weighted by atomic mass is 10.2. The fourth-order valence-electron chi connectivity index (χ4n) is 3.01. The fourth-order valence-corrected chi connectivity index (χ4v) is 5.15. The highest BCUT2D eigenvalue weighted by molar-refractivity contribution is 8.01. The first-order chi connectivity index (χ1) is 14.6. The van der Waals surface area contributed by atoms with Gasteiger partial charge in [-0.3, -0.25) is 4.79 Å². The third-order valence-electron chi connectivity index (χ3n) is 4.50. The van der Waals surface area contributed by atoms with Crippen molar-refractivity contribution in [2.24, 2.45) is 0 Å². The van der Waals surface area contributed by atoms with Gasteiger partial charge in [-0.2, -0.15) is 0 Å². The molecule has 1 heterocycles. The number of aromatic nitrogens is 1. The van der Waals surface area contributed by atoms with Crippen LogP contribution in [0.3, 0.4) is 0 Å². The molecular formula is C22H26N2O4S2. The average Bonchev–Trinajstić information content (AvgIpc) is 3.18. The number of nitrogens with one attached hydrogen (secondary N) is 1. The number of anilines is 1. The molecule has 30 heavy (non-hydrogen) atoms. The van der Waals surface area contributed by atoms with E-state index in [1.807, 2.05) is 18.2 Å². The van der Waals surface area contributed by atoms with E-state index in [1.54, 1.807) is 56.6 Å². The summed E-state index contributed by atoms with van der Waals surface area (Å²) in [7, 11) is 4.65. The summed E-state index contributed by atoms with van der Waals surface area (Å²) in [5, 5.41) is 2.91. The van der Waals surface area contributed by atoms with Gasteiger partial charge in [-0.1, -0.05) is 30.3 Å². The fraction of sp³-hybridized carbons (Fsp3) is 0.364. The Bertz CT molecular complexity index is 932. The quantitative estimate of drug-likeness (QED) is 0.305. The van der Waals surface area contributed by atoms with Crippen molar-refractivity contribution in [2.45, 2.75) is 30.0 Å². The lowest BCUT2D eigenvalue weighted by molar-refractivity contribution is -0.116. The van der Waals surface area contributed by atoms with E-state index in [0.29, 0.717) is 29.4 Å². The molecule has 0 aliphatic carbocycles. The summed E-state index contributed by atoms with van der Waals surface area (Å²) in [4.78, 5) is 16.9. The Morgan fingerprint density at radius 3 is 2.43 bits per heavy atom. The van der Waals surface area contributed by atoms with Gasteiger partial charge in [0.05, 0.1) is 31.5 Å². The Labute approximate surface area is 184 Å². The number of ether oxygens (including phenoxy) is 3. The molecule has 1 N–H and O–H groups in total. The second kappa shape index (κ2) is 11.1. The molecule has 3 aromatic rings. The van der Waals surface area contributed by atoms with Gasteiger partial charge in [0.1, 0.15) is 0 Å². The molecule has 0 saturated carbocycles. The Morgan fingerprint density at radius 2 is 1.77 bits per heavy atom. The molecule has 0 aliphatic rings. The van der Waals surface area contributed by atoms with Crippen molar-refractivity contribution in [3.63, 3.8) is 0 Å². The second-order valence-electron chi connectivity index (χ2n) is 6.57. The molecule has 1 amide bonds. The topological polar surface area (TPSA) is 69.7 Å². The van der Waals surface area contributed by atoms with Crippen molar-refractivity contribution in [2.75, 3.05) is 32.4 Å². The van der Waals surface area contributed by atoms with Crippen LogP contribution in [0.25, 0.3) is 10.2 Å². The van der Waals surface area contributed by atoms with Crippen LogP contribution in [0.1, 0.15) is 25.7 Å². The SMILES string of the molecule is COc1cc(NC(=O)CCCCCSc2nc3ccccc3s2)cc(OC)c1OC. The van der Waals surface area contributed by atoms with Crippen LogP contribution in [0.15, 0.2) is 40.7 Å². The number of para-hydroxylation sites is 1. The summed E-state index contributed by atoms with van der Waals surface area (Å²) in [6.07, 6.45) is 3.37. The van der Waals surface area contributed by atoms with Gasteiger partial charge in [-0.15, -0.1) is 11.3 Å². The molecular weight excluding hydrogens is 420 g/mol. The highest BCUT2D eigenvalue weighted by atomic mass is 32.2. The summed E-state index contributed by atoms with van der Waals surface area (Å²) >= 11 is 3.52. The molecule has 0 unspecified atom stereocenters. The summed E-state index contributed by atoms with van der Waals surface area (Å²) in [6.45, 7) is 0. The molecule has 3 rings (SSSR count). The summed E-state index contributed by atoms with van der Waals surface area (Å²) in [5.41, 5.74) is 1.69. The Kier molecular flexibility index (Phi) is 8.21. The third kappa shape index (κ3) is 5.79. The van der Waals surface area contributed by atoms with Crippen molar-refractivity contribution in [1.82, 2.24) is 4.98 Å². The molecule has 0 saturated heterocycles. The number of hydrogen-bond acceptors (Lipinski definition) is 7. The number of carbonyl (C=O) groups excluding carboxylic acids is 1. The van der Waals surface area contributed by atoms with Gasteiger partial charge in [-0.05, 0) is 25.0 Å². The predicted molar refractivity (Wildman–Crippen MR) is 124 cm³/mol. The number of amides is 1. The van der Waals surface area contributed by atoms with Crippen molar-refractivity contribution < 1.29 is 19.0 Å². The Hall–Kier alpha value is -2.45. The smallest absolute Gasteiger partial charge is 0.224 e. The van der Waals surface area contributed by atoms with Crippen LogP contribution in [0.5, 0.6) is 17.2 Å². The van der Waals surface area contributed by atoms with Crippen molar-refractivity contribution in [1.29, 1.82) is 0 Å². The van der Waals surface area contributed by atoms with Crippen LogP contribution in [-0.4, -0.2) is 38.0 Å². The molecule has 0 spiro atoms. The molecule has 6 nitrogen and oxygen atoms in total. The van der Waals surface area contributed by atoms with E-state index in [2.05, 4.69) is 16.4 Å². The molecule has 0 bridgehead atoms. The summed E-state index contributed by atoms with van der Waals surface area (Å²) < 4.78 is 18.3. The second-order valence-corrected chi connectivity index (χ2v) is 8.94. The molecule has 0 atom stereocenters. The number of hydrogen-bond donors (Lipinski definition) is 1. The van der Waals surface area contributed by atoms with Crippen molar-refractivity contribution >= 4 is 44.9 Å². The Balaban J connectivity index is 1.39. The van der Waals surface area contributed by atoms with Gasteiger partial charge >= 0.3 is 0 Å². The highest BCUT2D eigenvalue weighted by Crippen LogP contribution is 2.40. The van der Waals surface area contributed by atoms with Crippen LogP contribution >= 0.6 is 23.1 Å². The zero-order chi connectivity index (χ0) is 21.3. The van der Waals surface area contributed by atoms with Gasteiger partial charge in [0.2, 0.25) is 11.7 Å². The van der Waals surface area contributed by atoms with Crippen molar-refractivity contribution in [3.8, 4) is 17.2 Å². The van der Waals surface area contributed by atoms with E-state index >= 15 is 0 Å². The maximum Gasteiger partial charge on any atom is 0.224 e. The van der Waals surface area contributed by atoms with Gasteiger partial charge in [0, 0.05) is 30.0 Å². The van der Waals surface area contributed by atoms with Gasteiger partial charge in [-0.25, -0.2) is 4.98 Å².